The van der Waals surface area contributed by atoms with E-state index in [0.29, 0.717) is 18.3 Å². The van der Waals surface area contributed by atoms with Crippen molar-refractivity contribution in [2.45, 2.75) is 43.1 Å². The second-order valence-electron chi connectivity index (χ2n) is 5.82. The first-order valence-electron chi connectivity index (χ1n) is 7.66. The minimum absolute atomic E-state index is 0.479. The van der Waals surface area contributed by atoms with Gasteiger partial charge in [0.1, 0.15) is 12.9 Å². The average Bonchev–Trinajstić information content (AvgIpc) is 3.14. The SMILES string of the molecule is Cc1ccc(CSc2ncn(Cc3noc(C4CC4)n3)n2)cc1. The quantitative estimate of drug-likeness (QED) is 0.648. The molecule has 1 saturated carbocycles. The van der Waals surface area contributed by atoms with Gasteiger partial charge in [-0.25, -0.2) is 9.67 Å². The average molecular weight is 327 g/mol. The summed E-state index contributed by atoms with van der Waals surface area (Å²) >= 11 is 1.62. The largest absolute Gasteiger partial charge is 0.339 e. The van der Waals surface area contributed by atoms with Crippen molar-refractivity contribution in [1.82, 2.24) is 24.9 Å². The van der Waals surface area contributed by atoms with E-state index in [4.69, 9.17) is 4.52 Å². The van der Waals surface area contributed by atoms with Gasteiger partial charge < -0.3 is 4.52 Å². The molecular formula is C16H17N5OS. The third-order valence-electron chi connectivity index (χ3n) is 3.72. The molecule has 4 rings (SSSR count). The maximum atomic E-state index is 5.25. The third kappa shape index (κ3) is 3.61. The number of aromatic nitrogens is 5. The summed E-state index contributed by atoms with van der Waals surface area (Å²) in [4.78, 5) is 8.73. The molecule has 0 spiro atoms. The van der Waals surface area contributed by atoms with Gasteiger partial charge in [0.25, 0.3) is 0 Å². The van der Waals surface area contributed by atoms with Crippen LogP contribution in [-0.4, -0.2) is 24.9 Å². The predicted molar refractivity (Wildman–Crippen MR) is 86.1 cm³/mol. The van der Waals surface area contributed by atoms with E-state index in [9.17, 15) is 0 Å². The normalized spacial score (nSPS) is 14.3. The van der Waals surface area contributed by atoms with Gasteiger partial charge in [-0.15, -0.1) is 5.10 Å². The molecule has 3 aromatic rings. The van der Waals surface area contributed by atoms with Crippen LogP contribution in [0.4, 0.5) is 0 Å². The third-order valence-corrected chi connectivity index (χ3v) is 4.64. The van der Waals surface area contributed by atoms with Crippen molar-refractivity contribution < 1.29 is 4.52 Å². The van der Waals surface area contributed by atoms with Crippen molar-refractivity contribution in [3.63, 3.8) is 0 Å². The summed E-state index contributed by atoms with van der Waals surface area (Å²) in [6.07, 6.45) is 4.03. The van der Waals surface area contributed by atoms with Gasteiger partial charge in [0.05, 0.1) is 0 Å². The van der Waals surface area contributed by atoms with Gasteiger partial charge in [0.15, 0.2) is 5.82 Å². The Balaban J connectivity index is 1.35. The summed E-state index contributed by atoms with van der Waals surface area (Å²) in [6, 6.07) is 8.52. The molecule has 0 aliphatic heterocycles. The fourth-order valence-corrected chi connectivity index (χ4v) is 3.00. The van der Waals surface area contributed by atoms with Crippen LogP contribution in [0.2, 0.25) is 0 Å². The minimum Gasteiger partial charge on any atom is -0.339 e. The van der Waals surface area contributed by atoms with Gasteiger partial charge in [-0.1, -0.05) is 46.7 Å². The predicted octanol–water partition coefficient (Wildman–Crippen LogP) is 3.19. The van der Waals surface area contributed by atoms with Crippen LogP contribution in [0, 0.1) is 6.92 Å². The first kappa shape index (κ1) is 14.4. The number of aryl methyl sites for hydroxylation is 1. The highest BCUT2D eigenvalue weighted by Crippen LogP contribution is 2.38. The number of hydrogen-bond acceptors (Lipinski definition) is 6. The molecule has 0 unspecified atom stereocenters. The van der Waals surface area contributed by atoms with Crippen LogP contribution in [0.3, 0.4) is 0 Å². The molecule has 2 heterocycles. The molecule has 118 valence electrons. The van der Waals surface area contributed by atoms with E-state index in [1.165, 1.54) is 11.1 Å². The molecular weight excluding hydrogens is 310 g/mol. The first-order valence-corrected chi connectivity index (χ1v) is 8.65. The van der Waals surface area contributed by atoms with Crippen LogP contribution in [0.1, 0.15) is 41.6 Å². The van der Waals surface area contributed by atoms with Crippen molar-refractivity contribution >= 4 is 11.8 Å². The maximum absolute atomic E-state index is 5.25. The fraction of sp³-hybridized carbons (Fsp3) is 0.375. The first-order chi connectivity index (χ1) is 11.3. The Hall–Kier alpha value is -2.15. The zero-order valence-corrected chi connectivity index (χ0v) is 13.7. The van der Waals surface area contributed by atoms with Crippen molar-refractivity contribution in [2.24, 2.45) is 0 Å². The van der Waals surface area contributed by atoms with E-state index in [2.05, 4.69) is 51.4 Å². The summed E-state index contributed by atoms with van der Waals surface area (Å²) < 4.78 is 7.00. The molecule has 6 nitrogen and oxygen atoms in total. The summed E-state index contributed by atoms with van der Waals surface area (Å²) in [6.45, 7) is 2.58. The van der Waals surface area contributed by atoms with E-state index in [-0.39, 0.29) is 0 Å². The lowest BCUT2D eigenvalue weighted by molar-refractivity contribution is 0.372. The highest BCUT2D eigenvalue weighted by atomic mass is 32.2. The summed E-state index contributed by atoms with van der Waals surface area (Å²) in [5, 5.41) is 9.22. The van der Waals surface area contributed by atoms with E-state index in [0.717, 1.165) is 29.6 Å². The van der Waals surface area contributed by atoms with Crippen molar-refractivity contribution in [3.8, 4) is 0 Å². The number of rotatable bonds is 6. The zero-order chi connectivity index (χ0) is 15.6. The Labute approximate surface area is 138 Å². The molecule has 0 N–H and O–H groups in total. The minimum atomic E-state index is 0.479. The van der Waals surface area contributed by atoms with Crippen molar-refractivity contribution in [1.29, 1.82) is 0 Å². The lowest BCUT2D eigenvalue weighted by Gasteiger charge is -1.99. The number of thioether (sulfide) groups is 1. The Morgan fingerprint density at radius 1 is 1.26 bits per heavy atom. The van der Waals surface area contributed by atoms with Crippen LogP contribution in [0.15, 0.2) is 40.3 Å². The van der Waals surface area contributed by atoms with E-state index < -0.39 is 0 Å². The van der Waals surface area contributed by atoms with E-state index >= 15 is 0 Å². The lowest BCUT2D eigenvalue weighted by atomic mass is 10.2. The van der Waals surface area contributed by atoms with Crippen LogP contribution in [0.25, 0.3) is 0 Å². The van der Waals surface area contributed by atoms with Crippen LogP contribution in [0.5, 0.6) is 0 Å². The molecule has 7 heteroatoms. The van der Waals surface area contributed by atoms with Crippen LogP contribution < -0.4 is 0 Å². The molecule has 0 atom stereocenters. The topological polar surface area (TPSA) is 69.6 Å². The van der Waals surface area contributed by atoms with Crippen molar-refractivity contribution in [2.75, 3.05) is 0 Å². The monoisotopic (exact) mass is 327 g/mol. The lowest BCUT2D eigenvalue weighted by Crippen LogP contribution is -2.02. The highest BCUT2D eigenvalue weighted by Gasteiger charge is 2.29. The van der Waals surface area contributed by atoms with Gasteiger partial charge in [-0.3, -0.25) is 0 Å². The zero-order valence-electron chi connectivity index (χ0n) is 12.8. The van der Waals surface area contributed by atoms with Crippen LogP contribution >= 0.6 is 11.8 Å². The molecule has 23 heavy (non-hydrogen) atoms. The molecule has 1 aliphatic rings. The Kier molecular flexibility index (Phi) is 3.87. The number of benzene rings is 1. The Morgan fingerprint density at radius 2 is 2.09 bits per heavy atom. The molecule has 0 radical (unpaired) electrons. The van der Waals surface area contributed by atoms with Gasteiger partial charge in [-0.05, 0) is 25.3 Å². The van der Waals surface area contributed by atoms with Crippen LogP contribution in [-0.2, 0) is 12.3 Å². The standard InChI is InChI=1S/C16H17N5OS/c1-11-2-4-12(5-3-11)9-23-16-17-10-21(19-16)8-14-18-15(22-20-14)13-6-7-13/h2-5,10,13H,6-9H2,1H3. The van der Waals surface area contributed by atoms with E-state index in [1.807, 2.05) is 0 Å². The Bertz CT molecular complexity index is 791. The number of nitrogens with zero attached hydrogens (tertiary/aromatic N) is 5. The van der Waals surface area contributed by atoms with E-state index in [1.54, 1.807) is 22.8 Å². The molecule has 1 aliphatic carbocycles. The van der Waals surface area contributed by atoms with Crippen molar-refractivity contribution in [3.05, 3.63) is 53.4 Å². The molecule has 0 bridgehead atoms. The van der Waals surface area contributed by atoms with Gasteiger partial charge in [-0.2, -0.15) is 4.98 Å². The molecule has 0 saturated heterocycles. The smallest absolute Gasteiger partial charge is 0.229 e. The molecule has 1 aromatic carbocycles. The fourth-order valence-electron chi connectivity index (χ4n) is 2.22. The second kappa shape index (κ2) is 6.16. The van der Waals surface area contributed by atoms with Gasteiger partial charge in [0, 0.05) is 11.7 Å². The summed E-state index contributed by atoms with van der Waals surface area (Å²) in [5.74, 6) is 2.76. The number of hydrogen-bond donors (Lipinski definition) is 0. The second-order valence-corrected chi connectivity index (χ2v) is 6.76. The molecule has 2 aromatic heterocycles. The maximum Gasteiger partial charge on any atom is 0.229 e. The van der Waals surface area contributed by atoms with Gasteiger partial charge >= 0.3 is 0 Å². The molecule has 1 fully saturated rings. The summed E-state index contributed by atoms with van der Waals surface area (Å²) in [7, 11) is 0. The van der Waals surface area contributed by atoms with Gasteiger partial charge in [0.2, 0.25) is 11.0 Å². The summed E-state index contributed by atoms with van der Waals surface area (Å²) in [5.41, 5.74) is 2.54. The highest BCUT2D eigenvalue weighted by molar-refractivity contribution is 7.98. The Morgan fingerprint density at radius 3 is 2.87 bits per heavy atom. The molecule has 0 amide bonds.